The van der Waals surface area contributed by atoms with Gasteiger partial charge < -0.3 is 4.74 Å². The molecule has 0 aromatic heterocycles. The summed E-state index contributed by atoms with van der Waals surface area (Å²) >= 11 is 0. The standard InChI is InChI=1S/C17H21FO/c1-11(2)14-9-10-15(17(19-4)16(14)18)13-7-5-12(3)6-8-13/h7,9-10,12H,1,5-6,8H2,2-4H3. The van der Waals surface area contributed by atoms with E-state index in [1.54, 1.807) is 13.0 Å². The monoisotopic (exact) mass is 260 g/mol. The van der Waals surface area contributed by atoms with Gasteiger partial charge in [0, 0.05) is 11.1 Å². The summed E-state index contributed by atoms with van der Waals surface area (Å²) in [6.45, 7) is 7.85. The second-order valence-electron chi connectivity index (χ2n) is 5.40. The van der Waals surface area contributed by atoms with Crippen molar-refractivity contribution >= 4 is 11.1 Å². The number of hydrogen-bond acceptors (Lipinski definition) is 1. The van der Waals surface area contributed by atoms with Gasteiger partial charge in [-0.25, -0.2) is 4.39 Å². The largest absolute Gasteiger partial charge is 0.493 e. The van der Waals surface area contributed by atoms with Crippen molar-refractivity contribution in [1.29, 1.82) is 0 Å². The number of ether oxygens (including phenoxy) is 1. The Morgan fingerprint density at radius 2 is 2.16 bits per heavy atom. The van der Waals surface area contributed by atoms with Gasteiger partial charge in [-0.2, -0.15) is 0 Å². The van der Waals surface area contributed by atoms with E-state index in [2.05, 4.69) is 19.6 Å². The number of hydrogen-bond donors (Lipinski definition) is 0. The summed E-state index contributed by atoms with van der Waals surface area (Å²) in [6.07, 6.45) is 5.41. The predicted molar refractivity (Wildman–Crippen MR) is 78.7 cm³/mol. The molecule has 1 aliphatic rings. The third-order valence-corrected chi connectivity index (χ3v) is 3.78. The maximum atomic E-state index is 14.4. The van der Waals surface area contributed by atoms with Crippen molar-refractivity contribution in [3.05, 3.63) is 41.7 Å². The zero-order chi connectivity index (χ0) is 14.0. The topological polar surface area (TPSA) is 9.23 Å². The fraction of sp³-hybridized carbons (Fsp3) is 0.412. The highest BCUT2D eigenvalue weighted by Gasteiger charge is 2.19. The molecule has 19 heavy (non-hydrogen) atoms. The molecule has 0 saturated carbocycles. The third kappa shape index (κ3) is 2.73. The SMILES string of the molecule is C=C(C)c1ccc(C2=CCC(C)CC2)c(OC)c1F. The molecule has 1 nitrogen and oxygen atoms in total. The zero-order valence-corrected chi connectivity index (χ0v) is 11.9. The Hall–Kier alpha value is -1.57. The lowest BCUT2D eigenvalue weighted by Gasteiger charge is -2.21. The molecule has 2 heteroatoms. The number of halogens is 1. The van der Waals surface area contributed by atoms with Crippen LogP contribution in [-0.2, 0) is 0 Å². The summed E-state index contributed by atoms with van der Waals surface area (Å²) in [7, 11) is 1.52. The molecule has 1 aliphatic carbocycles. The smallest absolute Gasteiger partial charge is 0.173 e. The third-order valence-electron chi connectivity index (χ3n) is 3.78. The van der Waals surface area contributed by atoms with Gasteiger partial charge in [0.1, 0.15) is 0 Å². The van der Waals surface area contributed by atoms with Crippen LogP contribution in [0.3, 0.4) is 0 Å². The van der Waals surface area contributed by atoms with Crippen LogP contribution in [0.4, 0.5) is 4.39 Å². The zero-order valence-electron chi connectivity index (χ0n) is 11.9. The fourth-order valence-electron chi connectivity index (χ4n) is 2.55. The minimum atomic E-state index is -0.299. The molecule has 1 atom stereocenters. The van der Waals surface area contributed by atoms with E-state index in [4.69, 9.17) is 4.74 Å². The Morgan fingerprint density at radius 1 is 1.42 bits per heavy atom. The normalized spacial score (nSPS) is 18.9. The van der Waals surface area contributed by atoms with Crippen LogP contribution in [0.25, 0.3) is 11.1 Å². The lowest BCUT2D eigenvalue weighted by Crippen LogP contribution is -2.04. The van der Waals surface area contributed by atoms with Crippen molar-refractivity contribution in [2.75, 3.05) is 7.11 Å². The first-order valence-corrected chi connectivity index (χ1v) is 6.76. The van der Waals surface area contributed by atoms with E-state index in [0.717, 1.165) is 24.8 Å². The first-order chi connectivity index (χ1) is 9.04. The van der Waals surface area contributed by atoms with E-state index in [1.807, 2.05) is 6.07 Å². The van der Waals surface area contributed by atoms with Crippen LogP contribution in [0.5, 0.6) is 5.75 Å². The highest BCUT2D eigenvalue weighted by atomic mass is 19.1. The quantitative estimate of drug-likeness (QED) is 0.737. The van der Waals surface area contributed by atoms with Crippen LogP contribution >= 0.6 is 0 Å². The molecule has 0 spiro atoms. The van der Waals surface area contributed by atoms with Crippen LogP contribution in [0.1, 0.15) is 44.2 Å². The molecule has 1 unspecified atom stereocenters. The van der Waals surface area contributed by atoms with E-state index >= 15 is 0 Å². The molecule has 0 saturated heterocycles. The van der Waals surface area contributed by atoms with Crippen LogP contribution in [0.2, 0.25) is 0 Å². The van der Waals surface area contributed by atoms with Crippen molar-refractivity contribution in [2.45, 2.75) is 33.1 Å². The van der Waals surface area contributed by atoms with Gasteiger partial charge in [-0.15, -0.1) is 0 Å². The van der Waals surface area contributed by atoms with Gasteiger partial charge in [0.05, 0.1) is 7.11 Å². The van der Waals surface area contributed by atoms with Crippen molar-refractivity contribution in [2.24, 2.45) is 5.92 Å². The van der Waals surface area contributed by atoms with Gasteiger partial charge >= 0.3 is 0 Å². The molecule has 0 fully saturated rings. The minimum Gasteiger partial charge on any atom is -0.493 e. The van der Waals surface area contributed by atoms with Gasteiger partial charge in [0.2, 0.25) is 0 Å². The molecule has 0 heterocycles. The molecule has 1 aromatic carbocycles. The maximum absolute atomic E-state index is 14.4. The second-order valence-corrected chi connectivity index (χ2v) is 5.40. The van der Waals surface area contributed by atoms with E-state index in [9.17, 15) is 4.39 Å². The molecule has 2 rings (SSSR count). The maximum Gasteiger partial charge on any atom is 0.173 e. The van der Waals surface area contributed by atoms with Gasteiger partial charge in [0.25, 0.3) is 0 Å². The number of methoxy groups -OCH3 is 1. The summed E-state index contributed by atoms with van der Waals surface area (Å²) in [5.41, 5.74) is 3.33. The van der Waals surface area contributed by atoms with Crippen molar-refractivity contribution in [3.8, 4) is 5.75 Å². The average molecular weight is 260 g/mol. The Kier molecular flexibility index (Phi) is 4.08. The van der Waals surface area contributed by atoms with E-state index in [-0.39, 0.29) is 5.82 Å². The molecule has 0 radical (unpaired) electrons. The van der Waals surface area contributed by atoms with Crippen LogP contribution in [0, 0.1) is 11.7 Å². The highest BCUT2D eigenvalue weighted by Crippen LogP contribution is 2.38. The summed E-state index contributed by atoms with van der Waals surface area (Å²) in [4.78, 5) is 0. The van der Waals surface area contributed by atoms with Crippen LogP contribution in [-0.4, -0.2) is 7.11 Å². The first kappa shape index (κ1) is 13.9. The molecule has 102 valence electrons. The summed E-state index contributed by atoms with van der Waals surface area (Å²) in [5.74, 6) is 0.766. The Balaban J connectivity index is 2.47. The molecule has 0 bridgehead atoms. The van der Waals surface area contributed by atoms with E-state index < -0.39 is 0 Å². The van der Waals surface area contributed by atoms with Gasteiger partial charge in [-0.1, -0.05) is 31.7 Å². The van der Waals surface area contributed by atoms with E-state index in [0.29, 0.717) is 22.8 Å². The van der Waals surface area contributed by atoms with Gasteiger partial charge in [0.15, 0.2) is 11.6 Å². The lowest BCUT2D eigenvalue weighted by atomic mass is 9.87. The lowest BCUT2D eigenvalue weighted by molar-refractivity contribution is 0.384. The summed E-state index contributed by atoms with van der Waals surface area (Å²) < 4.78 is 19.7. The minimum absolute atomic E-state index is 0.299. The molecule has 1 aromatic rings. The molecular formula is C17H21FO. The van der Waals surface area contributed by atoms with E-state index in [1.165, 1.54) is 12.7 Å². The number of allylic oxidation sites excluding steroid dienone is 3. The second kappa shape index (κ2) is 5.60. The van der Waals surface area contributed by atoms with Crippen molar-refractivity contribution < 1.29 is 9.13 Å². The van der Waals surface area contributed by atoms with Crippen molar-refractivity contribution in [3.63, 3.8) is 0 Å². The van der Waals surface area contributed by atoms with Crippen molar-refractivity contribution in [1.82, 2.24) is 0 Å². The van der Waals surface area contributed by atoms with Gasteiger partial charge in [-0.3, -0.25) is 0 Å². The number of rotatable bonds is 3. The highest BCUT2D eigenvalue weighted by molar-refractivity contribution is 5.75. The summed E-state index contributed by atoms with van der Waals surface area (Å²) in [5, 5.41) is 0. The van der Waals surface area contributed by atoms with Crippen LogP contribution < -0.4 is 4.74 Å². The predicted octanol–water partition coefficient (Wildman–Crippen LogP) is 5.07. The van der Waals surface area contributed by atoms with Crippen LogP contribution in [0.15, 0.2) is 24.8 Å². The Labute approximate surface area is 114 Å². The fourth-order valence-corrected chi connectivity index (χ4v) is 2.55. The molecular weight excluding hydrogens is 239 g/mol. The molecule has 0 aliphatic heterocycles. The first-order valence-electron chi connectivity index (χ1n) is 6.76. The Bertz CT molecular complexity index is 528. The number of benzene rings is 1. The summed E-state index contributed by atoms with van der Waals surface area (Å²) in [6, 6.07) is 3.75. The average Bonchev–Trinajstić information content (AvgIpc) is 2.38. The molecule has 0 N–H and O–H groups in total. The Morgan fingerprint density at radius 3 is 2.68 bits per heavy atom. The van der Waals surface area contributed by atoms with Gasteiger partial charge in [-0.05, 0) is 43.3 Å². The molecule has 0 amide bonds.